The zero-order chi connectivity index (χ0) is 25.9. The van der Waals surface area contributed by atoms with Gasteiger partial charge in [0.2, 0.25) is 11.8 Å². The molecular formula is C27H48N5O5+. The highest BCUT2D eigenvalue weighted by Gasteiger charge is 2.55. The van der Waals surface area contributed by atoms with E-state index in [2.05, 4.69) is 10.6 Å². The summed E-state index contributed by atoms with van der Waals surface area (Å²) in [5.41, 5.74) is 6.86. The van der Waals surface area contributed by atoms with Crippen molar-refractivity contribution in [3.63, 3.8) is 0 Å². The molecule has 5 aliphatic rings. The number of nitrogens with zero attached hydrogens (tertiary/aromatic N) is 1. The first-order valence-electron chi connectivity index (χ1n) is 14.6. The number of piperidine rings is 2. The molecule has 0 aromatic carbocycles. The lowest BCUT2D eigenvalue weighted by Crippen LogP contribution is -3.26. The summed E-state index contributed by atoms with van der Waals surface area (Å²) in [7, 11) is 3.49. The molecular weight excluding hydrogens is 474 g/mol. The number of methoxy groups -OCH3 is 2. The van der Waals surface area contributed by atoms with E-state index in [4.69, 9.17) is 19.9 Å². The predicted molar refractivity (Wildman–Crippen MR) is 137 cm³/mol. The van der Waals surface area contributed by atoms with Crippen LogP contribution < -0.4 is 21.3 Å². The van der Waals surface area contributed by atoms with E-state index in [1.807, 2.05) is 4.90 Å². The number of nitrogens with two attached hydrogens (primary N) is 1. The van der Waals surface area contributed by atoms with Crippen molar-refractivity contribution >= 4 is 11.8 Å². The quantitative estimate of drug-likeness (QED) is 0.342. The van der Waals surface area contributed by atoms with Crippen molar-refractivity contribution in [2.45, 2.75) is 101 Å². The second kappa shape index (κ2) is 12.3. The Labute approximate surface area is 221 Å². The number of nitrogens with one attached hydrogen (secondary N) is 3. The van der Waals surface area contributed by atoms with Crippen LogP contribution in [0.1, 0.15) is 64.2 Å². The van der Waals surface area contributed by atoms with E-state index in [1.165, 1.54) is 0 Å². The summed E-state index contributed by atoms with van der Waals surface area (Å²) in [6.45, 7) is 2.94. The van der Waals surface area contributed by atoms with Gasteiger partial charge in [-0.2, -0.15) is 0 Å². The molecule has 10 heteroatoms. The third-order valence-electron chi connectivity index (χ3n) is 9.77. The number of fused-ring (bicyclic) bond motifs is 2. The number of ether oxygens (including phenoxy) is 3. The van der Waals surface area contributed by atoms with Gasteiger partial charge in [0.25, 0.3) is 0 Å². The van der Waals surface area contributed by atoms with E-state index in [9.17, 15) is 9.59 Å². The van der Waals surface area contributed by atoms with Crippen molar-refractivity contribution in [3.8, 4) is 0 Å². The van der Waals surface area contributed by atoms with Crippen molar-refractivity contribution in [3.05, 3.63) is 0 Å². The Balaban J connectivity index is 1.22. The average molecular weight is 523 g/mol. The Bertz CT molecular complexity index is 795. The summed E-state index contributed by atoms with van der Waals surface area (Å²) in [5, 5.41) is 6.97. The topological polar surface area (TPSA) is 120 Å². The highest BCUT2D eigenvalue weighted by molar-refractivity contribution is 5.83. The van der Waals surface area contributed by atoms with Crippen LogP contribution in [0.3, 0.4) is 0 Å². The maximum absolute atomic E-state index is 13.6. The molecule has 1 aliphatic carbocycles. The molecule has 10 nitrogen and oxygen atoms in total. The second-order valence-electron chi connectivity index (χ2n) is 11.9. The molecule has 0 radical (unpaired) electrons. The number of hydrogen-bond donors (Lipinski definition) is 4. The van der Waals surface area contributed by atoms with Crippen LogP contribution in [0, 0.1) is 17.8 Å². The fourth-order valence-electron chi connectivity index (χ4n) is 7.63. The third kappa shape index (κ3) is 5.84. The summed E-state index contributed by atoms with van der Waals surface area (Å²) < 4.78 is 17.2. The fourth-order valence-corrected chi connectivity index (χ4v) is 7.63. The number of hydrogen-bond acceptors (Lipinski definition) is 7. The fraction of sp³-hybridized carbons (Fsp3) is 0.926. The molecule has 5 rings (SSSR count). The molecule has 37 heavy (non-hydrogen) atoms. The van der Waals surface area contributed by atoms with Crippen molar-refractivity contribution < 1.29 is 28.7 Å². The van der Waals surface area contributed by atoms with Gasteiger partial charge in [0, 0.05) is 33.9 Å². The number of quaternary nitrogens is 1. The van der Waals surface area contributed by atoms with Crippen LogP contribution in [0.2, 0.25) is 0 Å². The van der Waals surface area contributed by atoms with Crippen LogP contribution in [0.25, 0.3) is 0 Å². The molecule has 4 heterocycles. The van der Waals surface area contributed by atoms with Crippen LogP contribution >= 0.6 is 0 Å². The van der Waals surface area contributed by atoms with Gasteiger partial charge in [-0.05, 0) is 70.1 Å². The van der Waals surface area contributed by atoms with Gasteiger partial charge in [-0.25, -0.2) is 5.32 Å². The van der Waals surface area contributed by atoms with Crippen molar-refractivity contribution in [2.75, 3.05) is 40.5 Å². The molecule has 0 aromatic rings. The monoisotopic (exact) mass is 522 g/mol. The summed E-state index contributed by atoms with van der Waals surface area (Å²) in [4.78, 5) is 30.2. The number of carbonyl (C=O) groups excluding carboxylic acids is 2. The smallest absolute Gasteiger partial charge is 0.234 e. The van der Waals surface area contributed by atoms with Gasteiger partial charge in [0.15, 0.2) is 12.3 Å². The molecule has 0 bridgehead atoms. The molecule has 210 valence electrons. The molecule has 2 amide bonds. The Morgan fingerprint density at radius 1 is 1.14 bits per heavy atom. The van der Waals surface area contributed by atoms with Crippen molar-refractivity contribution in [2.24, 2.45) is 23.5 Å². The van der Waals surface area contributed by atoms with E-state index in [0.717, 1.165) is 82.4 Å². The summed E-state index contributed by atoms with van der Waals surface area (Å²) >= 11 is 0. The van der Waals surface area contributed by atoms with Gasteiger partial charge in [0.05, 0.1) is 18.4 Å². The number of amides is 2. The first-order valence-corrected chi connectivity index (χ1v) is 14.6. The minimum atomic E-state index is -0.388. The number of carbonyl (C=O) groups is 2. The lowest BCUT2D eigenvalue weighted by molar-refractivity contribution is -0.967. The van der Waals surface area contributed by atoms with Crippen LogP contribution in [-0.2, 0) is 23.8 Å². The minimum absolute atomic E-state index is 0.0155. The van der Waals surface area contributed by atoms with Gasteiger partial charge in [-0.3, -0.25) is 15.3 Å². The lowest BCUT2D eigenvalue weighted by Gasteiger charge is -2.53. The van der Waals surface area contributed by atoms with Crippen LogP contribution in [-0.4, -0.2) is 94.0 Å². The maximum Gasteiger partial charge on any atom is 0.234 e. The first kappa shape index (κ1) is 27.3. The Kier molecular flexibility index (Phi) is 9.04. The van der Waals surface area contributed by atoms with Crippen LogP contribution in [0.5, 0.6) is 0 Å². The second-order valence-corrected chi connectivity index (χ2v) is 11.9. The predicted octanol–water partition coefficient (Wildman–Crippen LogP) is -0.424. The Morgan fingerprint density at radius 3 is 2.73 bits per heavy atom. The average Bonchev–Trinajstić information content (AvgIpc) is 3.43. The van der Waals surface area contributed by atoms with Crippen LogP contribution in [0.15, 0.2) is 0 Å². The highest BCUT2D eigenvalue weighted by atomic mass is 16.5. The number of rotatable bonds is 8. The standard InChI is InChI=1S/C27H47N5O5/c1-35-21-9-8-17(14-22(21)36-2)10-11-29-26(33)19-15-20-25(30-23-7-3-4-12-31(23)27(20)34)32(24(19)28)16-18-6-5-13-37-18/h17-25,30H,3-16,28H2,1-2H3,(H,29,33)/p+1. The maximum atomic E-state index is 13.6. The molecule has 10 atom stereocenters. The van der Waals surface area contributed by atoms with Gasteiger partial charge < -0.3 is 29.3 Å². The van der Waals surface area contributed by atoms with Gasteiger partial charge in [-0.15, -0.1) is 0 Å². The van der Waals surface area contributed by atoms with Crippen molar-refractivity contribution in [1.82, 2.24) is 15.5 Å². The molecule has 0 spiro atoms. The van der Waals surface area contributed by atoms with E-state index >= 15 is 0 Å². The Morgan fingerprint density at radius 2 is 1.97 bits per heavy atom. The number of likely N-dealkylation sites (tertiary alicyclic amines) is 1. The van der Waals surface area contributed by atoms with Gasteiger partial charge in [-0.1, -0.05) is 0 Å². The SMILES string of the molecule is COC1CCC(CCNC(=O)C2CC3C(=O)N4CCCCC4NC3[NH+](CC3CCCO3)C2N)CC1OC. The van der Waals surface area contributed by atoms with Gasteiger partial charge >= 0.3 is 0 Å². The molecule has 4 aliphatic heterocycles. The zero-order valence-corrected chi connectivity index (χ0v) is 22.7. The molecule has 5 N–H and O–H groups in total. The zero-order valence-electron chi connectivity index (χ0n) is 22.7. The van der Waals surface area contributed by atoms with E-state index in [-0.39, 0.29) is 60.5 Å². The highest BCUT2D eigenvalue weighted by Crippen LogP contribution is 2.32. The van der Waals surface area contributed by atoms with E-state index < -0.39 is 0 Å². The Hall–Kier alpha value is -1.30. The van der Waals surface area contributed by atoms with Crippen molar-refractivity contribution in [1.29, 1.82) is 0 Å². The van der Waals surface area contributed by atoms with E-state index in [1.54, 1.807) is 14.2 Å². The largest absolute Gasteiger partial charge is 0.379 e. The van der Waals surface area contributed by atoms with E-state index in [0.29, 0.717) is 18.9 Å². The molecule has 1 saturated carbocycles. The molecule has 4 saturated heterocycles. The molecule has 0 aromatic heterocycles. The summed E-state index contributed by atoms with van der Waals surface area (Å²) in [6, 6.07) is 0. The lowest BCUT2D eigenvalue weighted by atomic mass is 9.80. The first-order chi connectivity index (χ1) is 18.0. The molecule has 10 unspecified atom stereocenters. The summed E-state index contributed by atoms with van der Waals surface area (Å²) in [5.74, 6) is 0.0679. The van der Waals surface area contributed by atoms with Gasteiger partial charge in [0.1, 0.15) is 24.5 Å². The van der Waals surface area contributed by atoms with Crippen LogP contribution in [0.4, 0.5) is 0 Å². The third-order valence-corrected chi connectivity index (χ3v) is 9.77. The summed E-state index contributed by atoms with van der Waals surface area (Å²) in [6.07, 6.45) is 9.75. The normalized spacial score (nSPS) is 42.2. The minimum Gasteiger partial charge on any atom is -0.379 e. The molecule has 5 fully saturated rings.